The molecule has 2 fully saturated rings. The molecule has 9 heteroatoms. The van der Waals surface area contributed by atoms with Crippen LogP contribution in [0.15, 0.2) is 15.0 Å². The van der Waals surface area contributed by atoms with E-state index in [1.165, 1.54) is 0 Å². The average molecular weight is 444 g/mol. The molecular formula is C23H33N5O4. The Kier molecular flexibility index (Phi) is 6.91. The summed E-state index contributed by atoms with van der Waals surface area (Å²) >= 11 is 0. The van der Waals surface area contributed by atoms with Crippen LogP contribution in [0.2, 0.25) is 0 Å². The summed E-state index contributed by atoms with van der Waals surface area (Å²) in [6, 6.07) is 1.61. The highest BCUT2D eigenvalue weighted by atomic mass is 16.5. The number of carbonyl (C=O) groups is 2. The van der Waals surface area contributed by atoms with Crippen molar-refractivity contribution in [2.45, 2.75) is 77.7 Å². The SMILES string of the molecule is CCCc1cc(C(=O)N2CCC(c3nnc([C@H]4CCCCN4C(=O)C(C)C)o3)CC2)no1. The van der Waals surface area contributed by atoms with E-state index in [1.807, 2.05) is 23.6 Å². The zero-order valence-corrected chi connectivity index (χ0v) is 19.2. The lowest BCUT2D eigenvalue weighted by molar-refractivity contribution is -0.139. The van der Waals surface area contributed by atoms with E-state index in [0.29, 0.717) is 30.6 Å². The van der Waals surface area contributed by atoms with Gasteiger partial charge in [-0.2, -0.15) is 0 Å². The molecule has 2 aliphatic heterocycles. The monoisotopic (exact) mass is 443 g/mol. The third-order valence-corrected chi connectivity index (χ3v) is 6.43. The van der Waals surface area contributed by atoms with Crippen LogP contribution in [0, 0.1) is 5.92 Å². The van der Waals surface area contributed by atoms with Crippen molar-refractivity contribution in [2.75, 3.05) is 19.6 Å². The molecule has 174 valence electrons. The van der Waals surface area contributed by atoms with Crippen molar-refractivity contribution in [1.29, 1.82) is 0 Å². The number of rotatable bonds is 6. The molecule has 0 radical (unpaired) electrons. The lowest BCUT2D eigenvalue weighted by atomic mass is 9.96. The summed E-state index contributed by atoms with van der Waals surface area (Å²) in [7, 11) is 0. The predicted octanol–water partition coefficient (Wildman–Crippen LogP) is 3.74. The Labute approximate surface area is 188 Å². The number of amides is 2. The minimum atomic E-state index is -0.133. The Balaban J connectivity index is 1.37. The largest absolute Gasteiger partial charge is 0.423 e. The standard InChI is InChI=1S/C23H33N5O4/c1-4-7-17-14-18(26-32-17)23(30)27-12-9-16(10-13-27)20-24-25-21(31-20)19-8-5-6-11-28(19)22(29)15(2)3/h14-16,19H,4-13H2,1-3H3/t19-/m1/s1. The maximum atomic E-state index is 12.7. The van der Waals surface area contributed by atoms with Crippen LogP contribution in [-0.4, -0.2) is 56.6 Å². The molecule has 0 spiro atoms. The van der Waals surface area contributed by atoms with Gasteiger partial charge in [0.15, 0.2) is 5.69 Å². The third-order valence-electron chi connectivity index (χ3n) is 6.43. The van der Waals surface area contributed by atoms with Gasteiger partial charge in [0.25, 0.3) is 5.91 Å². The molecule has 2 aromatic heterocycles. The van der Waals surface area contributed by atoms with Crippen molar-refractivity contribution >= 4 is 11.8 Å². The van der Waals surface area contributed by atoms with Crippen LogP contribution in [0.25, 0.3) is 0 Å². The Morgan fingerprint density at radius 1 is 1.09 bits per heavy atom. The van der Waals surface area contributed by atoms with E-state index in [2.05, 4.69) is 22.3 Å². The van der Waals surface area contributed by atoms with Gasteiger partial charge < -0.3 is 18.7 Å². The topological polar surface area (TPSA) is 106 Å². The molecule has 2 amide bonds. The number of hydrogen-bond acceptors (Lipinski definition) is 7. The molecule has 2 aliphatic rings. The zero-order valence-electron chi connectivity index (χ0n) is 19.2. The summed E-state index contributed by atoms with van der Waals surface area (Å²) < 4.78 is 11.3. The smallest absolute Gasteiger partial charge is 0.276 e. The van der Waals surface area contributed by atoms with Crippen LogP contribution in [0.4, 0.5) is 0 Å². The number of aromatic nitrogens is 3. The van der Waals surface area contributed by atoms with E-state index in [1.54, 1.807) is 6.07 Å². The molecule has 4 rings (SSSR count). The van der Waals surface area contributed by atoms with Crippen LogP contribution in [0.3, 0.4) is 0 Å². The third kappa shape index (κ3) is 4.71. The van der Waals surface area contributed by atoms with Gasteiger partial charge >= 0.3 is 0 Å². The average Bonchev–Trinajstić information content (AvgIpc) is 3.49. The second-order valence-electron chi connectivity index (χ2n) is 9.17. The highest BCUT2D eigenvalue weighted by Crippen LogP contribution is 2.34. The molecule has 2 saturated heterocycles. The van der Waals surface area contributed by atoms with Gasteiger partial charge in [-0.05, 0) is 38.5 Å². The number of likely N-dealkylation sites (tertiary alicyclic amines) is 2. The molecule has 32 heavy (non-hydrogen) atoms. The first-order valence-corrected chi connectivity index (χ1v) is 11.9. The van der Waals surface area contributed by atoms with Gasteiger partial charge in [-0.3, -0.25) is 9.59 Å². The summed E-state index contributed by atoms with van der Waals surface area (Å²) in [5.41, 5.74) is 0.374. The van der Waals surface area contributed by atoms with Gasteiger partial charge in [-0.15, -0.1) is 10.2 Å². The Bertz CT molecular complexity index is 928. The normalized spacial score (nSPS) is 20.2. The molecule has 4 heterocycles. The van der Waals surface area contributed by atoms with Crippen molar-refractivity contribution in [1.82, 2.24) is 25.2 Å². The molecule has 9 nitrogen and oxygen atoms in total. The number of nitrogens with zero attached hydrogens (tertiary/aromatic N) is 5. The van der Waals surface area contributed by atoms with Crippen molar-refractivity contribution in [3.8, 4) is 0 Å². The number of hydrogen-bond donors (Lipinski definition) is 0. The molecule has 0 N–H and O–H groups in total. The lowest BCUT2D eigenvalue weighted by Crippen LogP contribution is -2.40. The van der Waals surface area contributed by atoms with Crippen molar-refractivity contribution in [2.24, 2.45) is 5.92 Å². The molecule has 0 aliphatic carbocycles. The molecule has 0 saturated carbocycles. The summed E-state index contributed by atoms with van der Waals surface area (Å²) in [6.07, 6.45) is 6.15. The van der Waals surface area contributed by atoms with Gasteiger partial charge in [0.2, 0.25) is 17.7 Å². The first-order chi connectivity index (χ1) is 15.5. The number of carbonyl (C=O) groups excluding carboxylic acids is 2. The summed E-state index contributed by atoms with van der Waals surface area (Å²) in [5, 5.41) is 12.6. The quantitative estimate of drug-likeness (QED) is 0.669. The van der Waals surface area contributed by atoms with Crippen LogP contribution < -0.4 is 0 Å². The Morgan fingerprint density at radius 3 is 2.56 bits per heavy atom. The lowest BCUT2D eigenvalue weighted by Gasteiger charge is -2.34. The fourth-order valence-electron chi connectivity index (χ4n) is 4.60. The number of piperidine rings is 2. The summed E-state index contributed by atoms with van der Waals surface area (Å²) in [5.74, 6) is 2.01. The van der Waals surface area contributed by atoms with Crippen LogP contribution in [-0.2, 0) is 11.2 Å². The minimum Gasteiger partial charge on any atom is -0.423 e. The Morgan fingerprint density at radius 2 is 1.84 bits per heavy atom. The van der Waals surface area contributed by atoms with E-state index in [9.17, 15) is 9.59 Å². The predicted molar refractivity (Wildman–Crippen MR) is 116 cm³/mol. The van der Waals surface area contributed by atoms with Crippen LogP contribution in [0.5, 0.6) is 0 Å². The molecule has 0 aromatic carbocycles. The first-order valence-electron chi connectivity index (χ1n) is 11.9. The van der Waals surface area contributed by atoms with Gasteiger partial charge in [-0.1, -0.05) is 25.9 Å². The van der Waals surface area contributed by atoms with E-state index >= 15 is 0 Å². The second-order valence-corrected chi connectivity index (χ2v) is 9.17. The maximum absolute atomic E-state index is 12.7. The van der Waals surface area contributed by atoms with Gasteiger partial charge in [0, 0.05) is 44.0 Å². The maximum Gasteiger partial charge on any atom is 0.276 e. The molecule has 0 bridgehead atoms. The van der Waals surface area contributed by atoms with Gasteiger partial charge in [0.05, 0.1) is 0 Å². The van der Waals surface area contributed by atoms with Crippen LogP contribution in [0.1, 0.15) is 99.3 Å². The number of aryl methyl sites for hydroxylation is 1. The van der Waals surface area contributed by atoms with E-state index in [-0.39, 0.29) is 29.7 Å². The molecule has 2 aromatic rings. The van der Waals surface area contributed by atoms with E-state index < -0.39 is 0 Å². The van der Waals surface area contributed by atoms with Gasteiger partial charge in [0.1, 0.15) is 11.8 Å². The van der Waals surface area contributed by atoms with Gasteiger partial charge in [-0.25, -0.2) is 0 Å². The van der Waals surface area contributed by atoms with Crippen molar-refractivity contribution in [3.05, 3.63) is 29.3 Å². The fourth-order valence-corrected chi connectivity index (χ4v) is 4.60. The molecule has 1 atom stereocenters. The van der Waals surface area contributed by atoms with E-state index in [4.69, 9.17) is 8.94 Å². The minimum absolute atomic E-state index is 0.0531. The van der Waals surface area contributed by atoms with Crippen molar-refractivity contribution in [3.63, 3.8) is 0 Å². The van der Waals surface area contributed by atoms with Crippen LogP contribution >= 0.6 is 0 Å². The summed E-state index contributed by atoms with van der Waals surface area (Å²) in [6.45, 7) is 7.86. The zero-order chi connectivity index (χ0) is 22.7. The highest BCUT2D eigenvalue weighted by Gasteiger charge is 2.34. The fraction of sp³-hybridized carbons (Fsp3) is 0.696. The highest BCUT2D eigenvalue weighted by molar-refractivity contribution is 5.92. The van der Waals surface area contributed by atoms with E-state index in [0.717, 1.165) is 57.3 Å². The van der Waals surface area contributed by atoms with Crippen molar-refractivity contribution < 1.29 is 18.5 Å². The summed E-state index contributed by atoms with van der Waals surface area (Å²) in [4.78, 5) is 29.1. The Hall–Kier alpha value is -2.71. The first kappa shape index (κ1) is 22.5. The molecule has 0 unspecified atom stereocenters. The molecular weight excluding hydrogens is 410 g/mol. The second kappa shape index (κ2) is 9.83.